The molecule has 0 bridgehead atoms. The summed E-state index contributed by atoms with van der Waals surface area (Å²) in [5, 5.41) is 2.60. The van der Waals surface area contributed by atoms with Crippen molar-refractivity contribution in [3.63, 3.8) is 0 Å². The van der Waals surface area contributed by atoms with E-state index in [4.69, 9.17) is 9.47 Å². The lowest BCUT2D eigenvalue weighted by Gasteiger charge is -2.12. The molecule has 0 saturated heterocycles. The molecule has 0 saturated carbocycles. The predicted octanol–water partition coefficient (Wildman–Crippen LogP) is 1.41. The van der Waals surface area contributed by atoms with Gasteiger partial charge in [0.05, 0.1) is 20.3 Å². The Morgan fingerprint density at radius 3 is 2.28 bits per heavy atom. The van der Waals surface area contributed by atoms with Crippen LogP contribution in [0.2, 0.25) is 0 Å². The summed E-state index contributed by atoms with van der Waals surface area (Å²) in [6, 6.07) is 4.32. The zero-order valence-electron chi connectivity index (χ0n) is 10.9. The third-order valence-electron chi connectivity index (χ3n) is 2.60. The molecule has 5 heteroatoms. The van der Waals surface area contributed by atoms with Gasteiger partial charge in [-0.1, -0.05) is 0 Å². The van der Waals surface area contributed by atoms with Crippen molar-refractivity contribution in [2.75, 3.05) is 14.2 Å². The SMILES string of the molecule is COc1ccc(C(=O)NC(C)C(C)=O)cc1OC. The molecule has 1 unspecified atom stereocenters. The molecule has 0 aliphatic carbocycles. The van der Waals surface area contributed by atoms with Crippen LogP contribution in [0, 0.1) is 0 Å². The highest BCUT2D eigenvalue weighted by molar-refractivity contribution is 5.97. The molecule has 1 amide bonds. The van der Waals surface area contributed by atoms with Crippen molar-refractivity contribution in [1.82, 2.24) is 5.32 Å². The van der Waals surface area contributed by atoms with Crippen LogP contribution < -0.4 is 14.8 Å². The molecule has 98 valence electrons. The summed E-state index contributed by atoms with van der Waals surface area (Å²) in [5.41, 5.74) is 0.417. The molecule has 18 heavy (non-hydrogen) atoms. The standard InChI is InChI=1S/C13H17NO4/c1-8(9(2)15)14-13(16)10-5-6-11(17-3)12(7-10)18-4/h5-8H,1-4H3,(H,14,16). The molecular formula is C13H17NO4. The van der Waals surface area contributed by atoms with Crippen LogP contribution >= 0.6 is 0 Å². The molecule has 0 aliphatic rings. The molecule has 0 radical (unpaired) electrons. The van der Waals surface area contributed by atoms with Crippen LogP contribution in [0.5, 0.6) is 11.5 Å². The lowest BCUT2D eigenvalue weighted by atomic mass is 10.1. The van der Waals surface area contributed by atoms with E-state index in [1.54, 1.807) is 25.1 Å². The molecule has 1 rings (SSSR count). The number of methoxy groups -OCH3 is 2. The normalized spacial score (nSPS) is 11.6. The Kier molecular flexibility index (Phi) is 4.71. The number of rotatable bonds is 5. The number of ketones is 1. The van der Waals surface area contributed by atoms with Gasteiger partial charge in [-0.15, -0.1) is 0 Å². The molecule has 0 aromatic heterocycles. The lowest BCUT2D eigenvalue weighted by Crippen LogP contribution is -2.37. The number of benzene rings is 1. The zero-order chi connectivity index (χ0) is 13.7. The maximum Gasteiger partial charge on any atom is 0.251 e. The Hall–Kier alpha value is -2.04. The van der Waals surface area contributed by atoms with Crippen molar-refractivity contribution >= 4 is 11.7 Å². The van der Waals surface area contributed by atoms with Crippen molar-refractivity contribution in [3.8, 4) is 11.5 Å². The highest BCUT2D eigenvalue weighted by Gasteiger charge is 2.14. The number of carbonyl (C=O) groups excluding carboxylic acids is 2. The van der Waals surface area contributed by atoms with Gasteiger partial charge in [-0.05, 0) is 32.0 Å². The van der Waals surface area contributed by atoms with Gasteiger partial charge in [0, 0.05) is 5.56 Å². The Morgan fingerprint density at radius 2 is 1.78 bits per heavy atom. The van der Waals surface area contributed by atoms with Crippen LogP contribution in [0.1, 0.15) is 24.2 Å². The smallest absolute Gasteiger partial charge is 0.251 e. The largest absolute Gasteiger partial charge is 0.493 e. The second kappa shape index (κ2) is 6.05. The molecule has 0 aliphatic heterocycles. The van der Waals surface area contributed by atoms with Crippen molar-refractivity contribution in [2.45, 2.75) is 19.9 Å². The summed E-state index contributed by atoms with van der Waals surface area (Å²) in [7, 11) is 3.02. The van der Waals surface area contributed by atoms with Gasteiger partial charge >= 0.3 is 0 Å². The van der Waals surface area contributed by atoms with Gasteiger partial charge in [0.1, 0.15) is 0 Å². The van der Waals surface area contributed by atoms with E-state index in [-0.39, 0.29) is 11.7 Å². The van der Waals surface area contributed by atoms with Crippen LogP contribution in [-0.4, -0.2) is 32.0 Å². The minimum absolute atomic E-state index is 0.0937. The van der Waals surface area contributed by atoms with Crippen LogP contribution in [0.4, 0.5) is 0 Å². The first-order chi connectivity index (χ1) is 8.49. The first kappa shape index (κ1) is 14.0. The molecule has 0 fully saturated rings. The first-order valence-electron chi connectivity index (χ1n) is 5.53. The fraction of sp³-hybridized carbons (Fsp3) is 0.385. The summed E-state index contributed by atoms with van der Waals surface area (Å²) in [6.45, 7) is 3.07. The van der Waals surface area contributed by atoms with Gasteiger partial charge in [-0.2, -0.15) is 0 Å². The highest BCUT2D eigenvalue weighted by Crippen LogP contribution is 2.27. The fourth-order valence-electron chi connectivity index (χ4n) is 1.36. The predicted molar refractivity (Wildman–Crippen MR) is 67.2 cm³/mol. The average Bonchev–Trinajstić information content (AvgIpc) is 2.37. The van der Waals surface area contributed by atoms with Crippen LogP contribution in [0.3, 0.4) is 0 Å². The second-order valence-electron chi connectivity index (χ2n) is 3.88. The lowest BCUT2D eigenvalue weighted by molar-refractivity contribution is -0.118. The van der Waals surface area contributed by atoms with E-state index in [1.807, 2.05) is 0 Å². The van der Waals surface area contributed by atoms with E-state index in [2.05, 4.69) is 5.32 Å². The summed E-state index contributed by atoms with van der Waals surface area (Å²) in [6.07, 6.45) is 0. The van der Waals surface area contributed by atoms with Crippen molar-refractivity contribution < 1.29 is 19.1 Å². The van der Waals surface area contributed by atoms with E-state index >= 15 is 0 Å². The van der Waals surface area contributed by atoms with Gasteiger partial charge < -0.3 is 14.8 Å². The number of hydrogen-bond donors (Lipinski definition) is 1. The Balaban J connectivity index is 2.90. The number of nitrogens with one attached hydrogen (secondary N) is 1. The van der Waals surface area contributed by atoms with Crippen molar-refractivity contribution in [3.05, 3.63) is 23.8 Å². The maximum absolute atomic E-state index is 11.9. The Morgan fingerprint density at radius 1 is 1.17 bits per heavy atom. The fourth-order valence-corrected chi connectivity index (χ4v) is 1.36. The third-order valence-corrected chi connectivity index (χ3v) is 2.60. The second-order valence-corrected chi connectivity index (χ2v) is 3.88. The van der Waals surface area contributed by atoms with Crippen molar-refractivity contribution in [2.24, 2.45) is 0 Å². The van der Waals surface area contributed by atoms with Crippen molar-refractivity contribution in [1.29, 1.82) is 0 Å². The molecule has 0 heterocycles. The number of ether oxygens (including phenoxy) is 2. The molecule has 0 spiro atoms. The summed E-state index contributed by atoms with van der Waals surface area (Å²) in [4.78, 5) is 22.9. The van der Waals surface area contributed by atoms with Crippen LogP contribution in [-0.2, 0) is 4.79 Å². The van der Waals surface area contributed by atoms with Crippen LogP contribution in [0.15, 0.2) is 18.2 Å². The number of hydrogen-bond acceptors (Lipinski definition) is 4. The number of Topliss-reactive ketones (excluding diaryl/α,β-unsaturated/α-hetero) is 1. The van der Waals surface area contributed by atoms with Crippen LogP contribution in [0.25, 0.3) is 0 Å². The minimum Gasteiger partial charge on any atom is -0.493 e. The zero-order valence-corrected chi connectivity index (χ0v) is 10.9. The summed E-state index contributed by atoms with van der Waals surface area (Å²) in [5.74, 6) is 0.608. The first-order valence-corrected chi connectivity index (χ1v) is 5.53. The minimum atomic E-state index is -0.509. The number of carbonyl (C=O) groups is 2. The van der Waals surface area contributed by atoms with Gasteiger partial charge in [0.2, 0.25) is 0 Å². The van der Waals surface area contributed by atoms with Gasteiger partial charge in [-0.25, -0.2) is 0 Å². The van der Waals surface area contributed by atoms with Gasteiger partial charge in [-0.3, -0.25) is 9.59 Å². The molecule has 5 nitrogen and oxygen atoms in total. The quantitative estimate of drug-likeness (QED) is 0.859. The van der Waals surface area contributed by atoms with E-state index in [9.17, 15) is 9.59 Å². The Labute approximate surface area is 106 Å². The van der Waals surface area contributed by atoms with Gasteiger partial charge in [0.15, 0.2) is 17.3 Å². The van der Waals surface area contributed by atoms with E-state index in [0.29, 0.717) is 17.1 Å². The summed E-state index contributed by atoms with van der Waals surface area (Å²) < 4.78 is 10.2. The summed E-state index contributed by atoms with van der Waals surface area (Å²) >= 11 is 0. The van der Waals surface area contributed by atoms with E-state index < -0.39 is 6.04 Å². The molecule has 1 aromatic carbocycles. The molecule has 1 atom stereocenters. The molecule has 1 N–H and O–H groups in total. The molecule has 1 aromatic rings. The van der Waals surface area contributed by atoms with Gasteiger partial charge in [0.25, 0.3) is 5.91 Å². The monoisotopic (exact) mass is 251 g/mol. The average molecular weight is 251 g/mol. The Bertz CT molecular complexity index is 456. The number of amides is 1. The topological polar surface area (TPSA) is 64.6 Å². The molecular weight excluding hydrogens is 234 g/mol. The maximum atomic E-state index is 11.9. The third kappa shape index (κ3) is 3.23. The van der Waals surface area contributed by atoms with E-state index in [0.717, 1.165) is 0 Å². The highest BCUT2D eigenvalue weighted by atomic mass is 16.5. The van der Waals surface area contributed by atoms with E-state index in [1.165, 1.54) is 21.1 Å².